The maximum atomic E-state index is 12.7. The molecule has 374 valence electrons. The number of allylic oxidation sites excluding steroid dienone is 6. The number of esters is 2. The highest BCUT2D eigenvalue weighted by atomic mass is 31.2. The first kappa shape index (κ1) is 61.9. The molecule has 1 unspecified atom stereocenters. The number of ether oxygens (including phenoxy) is 2. The molecular formula is C52H96NO10P. The molecule has 0 heterocycles. The number of phosphoric ester groups is 1. The van der Waals surface area contributed by atoms with Gasteiger partial charge in [-0.3, -0.25) is 14.2 Å². The highest BCUT2D eigenvalue weighted by Crippen LogP contribution is 2.38. The Morgan fingerprint density at radius 2 is 0.984 bits per heavy atom. The molecule has 11 nitrogen and oxygen atoms in total. The van der Waals surface area contributed by atoms with Crippen LogP contribution in [-0.2, 0) is 32.7 Å². The third-order valence-corrected chi connectivity index (χ3v) is 12.0. The zero-order valence-corrected chi connectivity index (χ0v) is 42.3. The predicted molar refractivity (Wildman–Crippen MR) is 262 cm³/mol. The summed E-state index contributed by atoms with van der Waals surface area (Å²) in [6.07, 6.45) is 45.0. The molecule has 0 saturated carbocycles. The van der Waals surface area contributed by atoms with E-state index in [2.05, 4.69) is 13.8 Å². The highest BCUT2D eigenvalue weighted by molar-refractivity contribution is 7.45. The van der Waals surface area contributed by atoms with Crippen molar-refractivity contribution in [1.82, 2.24) is 0 Å². The summed E-state index contributed by atoms with van der Waals surface area (Å²) in [6.45, 7) is 3.89. The molecule has 12 heteroatoms. The Balaban J connectivity index is 4.43. The molecule has 0 aliphatic carbocycles. The quantitative estimate of drug-likeness (QED) is 0.0198. The molecule has 0 radical (unpaired) electrons. The number of phosphoric acid groups is 1. The number of aliphatic hydroxyl groups excluding tert-OH is 2. The molecule has 64 heavy (non-hydrogen) atoms. The van der Waals surface area contributed by atoms with Crippen molar-refractivity contribution >= 4 is 19.8 Å². The van der Waals surface area contributed by atoms with E-state index in [0.29, 0.717) is 36.7 Å². The molecule has 0 aliphatic heterocycles. The second-order valence-corrected chi connectivity index (χ2v) is 20.0. The van der Waals surface area contributed by atoms with E-state index in [4.69, 9.17) is 18.5 Å². The van der Waals surface area contributed by atoms with Gasteiger partial charge in [-0.25, -0.2) is 0 Å². The molecule has 0 aromatic rings. The van der Waals surface area contributed by atoms with Gasteiger partial charge in [0.1, 0.15) is 19.8 Å². The second-order valence-electron chi connectivity index (χ2n) is 18.6. The topological polar surface area (TPSA) is 152 Å². The van der Waals surface area contributed by atoms with Crippen LogP contribution >= 0.6 is 7.82 Å². The first-order chi connectivity index (χ1) is 30.8. The van der Waals surface area contributed by atoms with Crippen LogP contribution in [0.25, 0.3) is 0 Å². The van der Waals surface area contributed by atoms with Gasteiger partial charge in [0.25, 0.3) is 7.82 Å². The van der Waals surface area contributed by atoms with E-state index in [1.165, 1.54) is 109 Å². The largest absolute Gasteiger partial charge is 0.756 e. The fraction of sp³-hybridized carbons (Fsp3) is 0.808. The number of carbonyl (C=O) groups excluding carboxylic acids is 2. The van der Waals surface area contributed by atoms with Crippen molar-refractivity contribution in [2.45, 2.75) is 225 Å². The van der Waals surface area contributed by atoms with E-state index >= 15 is 0 Å². The number of hydrogen-bond acceptors (Lipinski definition) is 10. The van der Waals surface area contributed by atoms with Crippen molar-refractivity contribution < 1.29 is 52.3 Å². The molecular weight excluding hydrogens is 830 g/mol. The smallest absolute Gasteiger partial charge is 0.306 e. The molecule has 0 spiro atoms. The van der Waals surface area contributed by atoms with Crippen molar-refractivity contribution in [3.63, 3.8) is 0 Å². The van der Waals surface area contributed by atoms with Crippen LogP contribution < -0.4 is 4.89 Å². The molecule has 0 aromatic heterocycles. The zero-order chi connectivity index (χ0) is 47.4. The van der Waals surface area contributed by atoms with Crippen LogP contribution in [0, 0.1) is 0 Å². The maximum absolute atomic E-state index is 12.7. The average Bonchev–Trinajstić information content (AvgIpc) is 3.24. The zero-order valence-electron chi connectivity index (χ0n) is 41.4. The van der Waals surface area contributed by atoms with Crippen molar-refractivity contribution in [1.29, 1.82) is 0 Å². The predicted octanol–water partition coefficient (Wildman–Crippen LogP) is 12.3. The number of aliphatic hydroxyl groups is 2. The van der Waals surface area contributed by atoms with E-state index in [1.54, 1.807) is 18.2 Å². The summed E-state index contributed by atoms with van der Waals surface area (Å²) in [6, 6.07) is 0. The van der Waals surface area contributed by atoms with Crippen LogP contribution in [0.5, 0.6) is 0 Å². The van der Waals surface area contributed by atoms with Crippen LogP contribution in [0.4, 0.5) is 0 Å². The summed E-state index contributed by atoms with van der Waals surface area (Å²) in [4.78, 5) is 37.7. The summed E-state index contributed by atoms with van der Waals surface area (Å²) in [5.74, 6) is -1.06. The van der Waals surface area contributed by atoms with Gasteiger partial charge in [0.15, 0.2) is 6.10 Å². The van der Waals surface area contributed by atoms with Gasteiger partial charge >= 0.3 is 11.9 Å². The minimum absolute atomic E-state index is 0.0225. The van der Waals surface area contributed by atoms with E-state index in [9.17, 15) is 29.3 Å². The van der Waals surface area contributed by atoms with Gasteiger partial charge in [-0.05, 0) is 32.1 Å². The third kappa shape index (κ3) is 46.4. The molecule has 0 bridgehead atoms. The normalized spacial score (nSPS) is 14.8. The van der Waals surface area contributed by atoms with Gasteiger partial charge in [0, 0.05) is 12.8 Å². The van der Waals surface area contributed by atoms with E-state index in [1.807, 2.05) is 51.5 Å². The van der Waals surface area contributed by atoms with Crippen molar-refractivity contribution in [3.8, 4) is 0 Å². The maximum Gasteiger partial charge on any atom is 0.306 e. The van der Waals surface area contributed by atoms with E-state index < -0.39 is 44.7 Å². The second kappa shape index (κ2) is 43.5. The Kier molecular flexibility index (Phi) is 42.0. The van der Waals surface area contributed by atoms with Crippen LogP contribution in [-0.4, -0.2) is 92.5 Å². The number of likely N-dealkylation sites (N-methyl/N-ethyl adjacent to an activating group) is 1. The van der Waals surface area contributed by atoms with Gasteiger partial charge < -0.3 is 38.1 Å². The lowest BCUT2D eigenvalue weighted by Crippen LogP contribution is -2.37. The monoisotopic (exact) mass is 926 g/mol. The minimum atomic E-state index is -4.69. The van der Waals surface area contributed by atoms with Crippen molar-refractivity contribution in [2.75, 3.05) is 47.5 Å². The van der Waals surface area contributed by atoms with E-state index in [0.717, 1.165) is 44.9 Å². The third-order valence-electron chi connectivity index (χ3n) is 11.1. The molecule has 2 N–H and O–H groups in total. The van der Waals surface area contributed by atoms with Gasteiger partial charge in [0.05, 0.1) is 40.0 Å². The molecule has 0 aliphatic rings. The number of unbranched alkanes of at least 4 members (excludes halogenated alkanes) is 22. The Bertz CT molecular complexity index is 1260. The fourth-order valence-corrected chi connectivity index (χ4v) is 7.72. The number of nitrogens with zero attached hydrogens (tertiary/aromatic N) is 1. The van der Waals surface area contributed by atoms with Gasteiger partial charge in [-0.1, -0.05) is 210 Å². The highest BCUT2D eigenvalue weighted by Gasteiger charge is 2.22. The van der Waals surface area contributed by atoms with Crippen LogP contribution in [0.15, 0.2) is 48.6 Å². The lowest BCUT2D eigenvalue weighted by Gasteiger charge is -2.28. The Hall–Kier alpha value is -2.11. The van der Waals surface area contributed by atoms with Crippen molar-refractivity contribution in [3.05, 3.63) is 48.6 Å². The molecule has 0 fully saturated rings. The molecule has 4 atom stereocenters. The number of carbonyl (C=O) groups is 2. The minimum Gasteiger partial charge on any atom is -0.756 e. The number of rotatable bonds is 46. The SMILES string of the molecule is CCCCCCCCCCCCCCCCCCCCCCCC(=O)OC[C@H](COP(=O)([O-])OCC[N+](C)(C)C)OC(=O)CCC[C@H](O)/C=C/C=C\C/C=C\C=C\[C@H](O)CCCCC. The molecule has 0 aromatic carbocycles. The summed E-state index contributed by atoms with van der Waals surface area (Å²) in [5.41, 5.74) is 0. The molecule has 0 amide bonds. The van der Waals surface area contributed by atoms with Crippen molar-refractivity contribution in [2.24, 2.45) is 0 Å². The Morgan fingerprint density at radius 3 is 1.45 bits per heavy atom. The van der Waals surface area contributed by atoms with Gasteiger partial charge in [0.2, 0.25) is 0 Å². The summed E-state index contributed by atoms with van der Waals surface area (Å²) >= 11 is 0. The lowest BCUT2D eigenvalue weighted by atomic mass is 10.0. The summed E-state index contributed by atoms with van der Waals surface area (Å²) in [5, 5.41) is 20.3. The van der Waals surface area contributed by atoms with Crippen LogP contribution in [0.2, 0.25) is 0 Å². The number of quaternary nitrogens is 1. The fourth-order valence-electron chi connectivity index (χ4n) is 6.99. The number of hydrogen-bond donors (Lipinski definition) is 2. The van der Waals surface area contributed by atoms with Crippen LogP contribution in [0.3, 0.4) is 0 Å². The first-order valence-corrected chi connectivity index (χ1v) is 27.0. The summed E-state index contributed by atoms with van der Waals surface area (Å²) < 4.78 is 33.8. The van der Waals surface area contributed by atoms with E-state index in [-0.39, 0.29) is 26.1 Å². The summed E-state index contributed by atoms with van der Waals surface area (Å²) in [7, 11) is 1.02. The van der Waals surface area contributed by atoms with Gasteiger partial charge in [-0.2, -0.15) is 0 Å². The van der Waals surface area contributed by atoms with Crippen LogP contribution in [0.1, 0.15) is 206 Å². The Morgan fingerprint density at radius 1 is 0.562 bits per heavy atom. The first-order valence-electron chi connectivity index (χ1n) is 25.6. The molecule has 0 rings (SSSR count). The lowest BCUT2D eigenvalue weighted by molar-refractivity contribution is -0.870. The molecule has 0 saturated heterocycles. The van der Waals surface area contributed by atoms with Gasteiger partial charge in [-0.15, -0.1) is 0 Å². The Labute approximate surface area is 391 Å². The average molecular weight is 926 g/mol. The standard InChI is InChI=1S/C52H96NO10P/c1-6-8-10-11-12-13-14-15-16-17-18-19-20-21-22-23-24-25-29-32-36-42-51(56)60-46-50(47-62-64(58,59)61-45-44-53(3,4)5)63-52(57)43-37-41-49(55)40-35-31-28-26-27-30-34-39-48(54)38-33-9-7-2/h27-28,30-31,34-35,39-40,48-50,54-55H,6-26,29,32-33,36-38,41-47H2,1-5H3/b30-27-,31-28-,39-34+,40-35+/t48-,49-,50-/m1/s1.